The van der Waals surface area contributed by atoms with Crippen molar-refractivity contribution in [3.8, 4) is 17.1 Å². The van der Waals surface area contributed by atoms with E-state index in [1.807, 2.05) is 11.8 Å². The van der Waals surface area contributed by atoms with Crippen molar-refractivity contribution < 1.29 is 31.1 Å². The van der Waals surface area contributed by atoms with Crippen LogP contribution >= 0.6 is 0 Å². The van der Waals surface area contributed by atoms with Crippen LogP contribution in [0.3, 0.4) is 0 Å². The standard InChI is InChI=1S/C24H27F3N4O4S/c1-14-13-35-10-9-31(14)22-19(34-2)20(23(6-4-7-23)36(3,32)33)29-21(30-22)17-11-15(24(25,26)27)12-18-16(17)5-8-28-18/h5,8,11-12,14,28H,4,6-7,9-10,13H2,1-3H3/t14-/m1/s1. The molecule has 1 N–H and O–H groups in total. The summed E-state index contributed by atoms with van der Waals surface area (Å²) in [5.41, 5.74) is -0.214. The zero-order chi connectivity index (χ0) is 25.9. The molecule has 12 heteroatoms. The Bertz CT molecular complexity index is 1420. The molecule has 5 rings (SSSR count). The Morgan fingerprint density at radius 1 is 1.25 bits per heavy atom. The molecule has 0 radical (unpaired) electrons. The van der Waals surface area contributed by atoms with Crippen LogP contribution in [0.2, 0.25) is 0 Å². The molecule has 36 heavy (non-hydrogen) atoms. The Hall–Kier alpha value is -2.86. The number of nitrogens with zero attached hydrogens (tertiary/aromatic N) is 3. The Balaban J connectivity index is 1.84. The predicted molar refractivity (Wildman–Crippen MR) is 129 cm³/mol. The molecule has 3 aromatic rings. The fraction of sp³-hybridized carbons (Fsp3) is 0.500. The third kappa shape index (κ3) is 3.90. The lowest BCUT2D eigenvalue weighted by Crippen LogP contribution is -2.46. The minimum absolute atomic E-state index is 0.0186. The fourth-order valence-electron chi connectivity index (χ4n) is 5.09. The molecule has 2 fully saturated rings. The van der Waals surface area contributed by atoms with Crippen LogP contribution in [0.25, 0.3) is 22.3 Å². The molecule has 3 heterocycles. The molecule has 1 atom stereocenters. The molecule has 0 amide bonds. The smallest absolute Gasteiger partial charge is 0.416 e. The van der Waals surface area contributed by atoms with E-state index in [0.717, 1.165) is 12.1 Å². The number of hydrogen-bond donors (Lipinski definition) is 1. The number of methoxy groups -OCH3 is 1. The lowest BCUT2D eigenvalue weighted by molar-refractivity contribution is -0.137. The summed E-state index contributed by atoms with van der Waals surface area (Å²) in [4.78, 5) is 14.1. The van der Waals surface area contributed by atoms with Crippen molar-refractivity contribution in [1.82, 2.24) is 15.0 Å². The van der Waals surface area contributed by atoms with Gasteiger partial charge in [0, 0.05) is 35.5 Å². The molecule has 0 unspecified atom stereocenters. The van der Waals surface area contributed by atoms with Crippen molar-refractivity contribution in [2.75, 3.05) is 38.0 Å². The second-order valence-corrected chi connectivity index (χ2v) is 11.8. The molecule has 194 valence electrons. The van der Waals surface area contributed by atoms with Crippen LogP contribution in [-0.4, -0.2) is 62.5 Å². The Labute approximate surface area is 206 Å². The largest absolute Gasteiger partial charge is 0.491 e. The second-order valence-electron chi connectivity index (χ2n) is 9.45. The second kappa shape index (κ2) is 8.62. The summed E-state index contributed by atoms with van der Waals surface area (Å²) in [6.45, 7) is 3.23. The molecule has 1 aliphatic carbocycles. The normalized spacial score (nSPS) is 20.4. The lowest BCUT2D eigenvalue weighted by atomic mass is 9.81. The van der Waals surface area contributed by atoms with Gasteiger partial charge in [-0.25, -0.2) is 18.4 Å². The monoisotopic (exact) mass is 524 g/mol. The van der Waals surface area contributed by atoms with Gasteiger partial charge in [0.2, 0.25) is 0 Å². The van der Waals surface area contributed by atoms with Gasteiger partial charge in [0.1, 0.15) is 10.4 Å². The lowest BCUT2D eigenvalue weighted by Gasteiger charge is -2.41. The molecule has 1 aliphatic heterocycles. The van der Waals surface area contributed by atoms with Crippen LogP contribution in [0.15, 0.2) is 24.4 Å². The van der Waals surface area contributed by atoms with Gasteiger partial charge in [-0.3, -0.25) is 0 Å². The van der Waals surface area contributed by atoms with E-state index in [9.17, 15) is 21.6 Å². The first-order valence-corrected chi connectivity index (χ1v) is 13.5. The van der Waals surface area contributed by atoms with Gasteiger partial charge in [0.15, 0.2) is 27.2 Å². The Morgan fingerprint density at radius 3 is 2.58 bits per heavy atom. The van der Waals surface area contributed by atoms with E-state index < -0.39 is 26.3 Å². The molecule has 1 saturated carbocycles. The predicted octanol–water partition coefficient (Wildman–Crippen LogP) is 4.30. The maximum Gasteiger partial charge on any atom is 0.416 e. The number of H-pyrrole nitrogens is 1. The van der Waals surface area contributed by atoms with Crippen LogP contribution < -0.4 is 9.64 Å². The Morgan fingerprint density at radius 2 is 2.00 bits per heavy atom. The van der Waals surface area contributed by atoms with Crippen molar-refractivity contribution in [3.05, 3.63) is 35.7 Å². The minimum atomic E-state index is -4.59. The third-order valence-corrected chi connectivity index (χ3v) is 9.25. The number of ether oxygens (including phenoxy) is 2. The maximum atomic E-state index is 13.8. The van der Waals surface area contributed by atoms with Gasteiger partial charge < -0.3 is 19.4 Å². The molecular formula is C24H27F3N4O4S. The summed E-state index contributed by atoms with van der Waals surface area (Å²) >= 11 is 0. The molecular weight excluding hydrogens is 497 g/mol. The molecule has 0 bridgehead atoms. The first-order valence-electron chi connectivity index (χ1n) is 11.7. The third-order valence-electron chi connectivity index (χ3n) is 7.23. The fourth-order valence-corrected chi connectivity index (χ4v) is 6.61. The van der Waals surface area contributed by atoms with Gasteiger partial charge in [0.25, 0.3) is 0 Å². The summed E-state index contributed by atoms with van der Waals surface area (Å²) in [7, 11) is -2.21. The number of anilines is 1. The van der Waals surface area contributed by atoms with Crippen LogP contribution in [0.1, 0.15) is 37.4 Å². The molecule has 2 aromatic heterocycles. The molecule has 0 spiro atoms. The maximum absolute atomic E-state index is 13.8. The van der Waals surface area contributed by atoms with E-state index in [0.29, 0.717) is 50.2 Å². The van der Waals surface area contributed by atoms with Gasteiger partial charge in [-0.15, -0.1) is 0 Å². The first-order chi connectivity index (χ1) is 17.0. The molecule has 1 saturated heterocycles. The summed E-state index contributed by atoms with van der Waals surface area (Å²) < 4.78 is 77.4. The summed E-state index contributed by atoms with van der Waals surface area (Å²) in [5.74, 6) is 0.601. The highest BCUT2D eigenvalue weighted by atomic mass is 32.2. The van der Waals surface area contributed by atoms with Crippen molar-refractivity contribution in [3.63, 3.8) is 0 Å². The number of rotatable bonds is 5. The van der Waals surface area contributed by atoms with E-state index in [-0.39, 0.29) is 34.4 Å². The van der Waals surface area contributed by atoms with E-state index in [2.05, 4.69) is 9.97 Å². The van der Waals surface area contributed by atoms with Gasteiger partial charge in [-0.2, -0.15) is 13.2 Å². The number of hydrogen-bond acceptors (Lipinski definition) is 7. The zero-order valence-corrected chi connectivity index (χ0v) is 21.0. The minimum Gasteiger partial charge on any atom is -0.491 e. The number of alkyl halides is 3. The molecule has 1 aromatic carbocycles. The Kier molecular flexibility index (Phi) is 5.94. The number of benzene rings is 1. The average molecular weight is 525 g/mol. The van der Waals surface area contributed by atoms with Crippen molar-refractivity contribution in [2.24, 2.45) is 0 Å². The number of nitrogens with one attached hydrogen (secondary N) is 1. The van der Waals surface area contributed by atoms with E-state index in [4.69, 9.17) is 14.5 Å². The topological polar surface area (TPSA) is 97.4 Å². The first kappa shape index (κ1) is 24.8. The van der Waals surface area contributed by atoms with Crippen LogP contribution in [0.5, 0.6) is 5.75 Å². The van der Waals surface area contributed by atoms with Gasteiger partial charge >= 0.3 is 6.18 Å². The number of sulfone groups is 1. The van der Waals surface area contributed by atoms with E-state index in [1.165, 1.54) is 13.4 Å². The number of halogens is 3. The quantitative estimate of drug-likeness (QED) is 0.532. The molecule has 2 aliphatic rings. The van der Waals surface area contributed by atoms with Gasteiger partial charge in [-0.05, 0) is 44.4 Å². The van der Waals surface area contributed by atoms with Gasteiger partial charge in [-0.1, -0.05) is 0 Å². The van der Waals surface area contributed by atoms with Gasteiger partial charge in [0.05, 0.1) is 31.9 Å². The van der Waals surface area contributed by atoms with Crippen molar-refractivity contribution >= 4 is 26.6 Å². The SMILES string of the molecule is COc1c(N2CCOC[C@H]2C)nc(-c2cc(C(F)(F)F)cc3[nH]ccc23)nc1C1(S(C)(=O)=O)CCC1. The van der Waals surface area contributed by atoms with E-state index >= 15 is 0 Å². The highest BCUT2D eigenvalue weighted by Gasteiger charge is 2.52. The van der Waals surface area contributed by atoms with Crippen LogP contribution in [-0.2, 0) is 25.5 Å². The number of aromatic amines is 1. The van der Waals surface area contributed by atoms with Crippen LogP contribution in [0, 0.1) is 0 Å². The number of aromatic nitrogens is 3. The average Bonchev–Trinajstić information content (AvgIpc) is 3.25. The highest BCUT2D eigenvalue weighted by molar-refractivity contribution is 7.91. The summed E-state index contributed by atoms with van der Waals surface area (Å²) in [5, 5.41) is 0.502. The number of fused-ring (bicyclic) bond motifs is 1. The summed E-state index contributed by atoms with van der Waals surface area (Å²) in [6.07, 6.45) is -0.498. The van der Waals surface area contributed by atoms with E-state index in [1.54, 1.807) is 12.3 Å². The number of morpholine rings is 1. The molecule has 8 nitrogen and oxygen atoms in total. The van der Waals surface area contributed by atoms with Crippen molar-refractivity contribution in [1.29, 1.82) is 0 Å². The van der Waals surface area contributed by atoms with Crippen LogP contribution in [0.4, 0.5) is 19.0 Å². The summed E-state index contributed by atoms with van der Waals surface area (Å²) in [6, 6.07) is 3.60. The van der Waals surface area contributed by atoms with Crippen molar-refractivity contribution in [2.45, 2.75) is 43.2 Å². The highest BCUT2D eigenvalue weighted by Crippen LogP contribution is 2.52. The zero-order valence-electron chi connectivity index (χ0n) is 20.1.